The minimum atomic E-state index is -0.152. The zero-order valence-corrected chi connectivity index (χ0v) is 19.5. The number of hydrogen-bond acceptors (Lipinski definition) is 5. The summed E-state index contributed by atoms with van der Waals surface area (Å²) >= 11 is 0. The van der Waals surface area contributed by atoms with Gasteiger partial charge in [0.2, 0.25) is 5.91 Å². The van der Waals surface area contributed by atoms with Crippen LogP contribution in [-0.2, 0) is 24.2 Å². The lowest BCUT2D eigenvalue weighted by Crippen LogP contribution is -2.42. The predicted molar refractivity (Wildman–Crippen MR) is 127 cm³/mol. The standard InChI is InChI=1S/C26H35N5O2/c32-24(15-20-9-6-12-27-16-20)31-13-5-4-10-23(31)25-28-22-11-14-30(18-21(22)26(33)29-25)17-19-7-2-1-3-8-19/h6,9,12,16,19,23H,1-5,7-8,10-11,13-15,17-18H2,(H,28,29,33). The first kappa shape index (κ1) is 22.3. The Bertz CT molecular complexity index is 1020. The summed E-state index contributed by atoms with van der Waals surface area (Å²) < 4.78 is 0. The Kier molecular flexibility index (Phi) is 6.85. The fourth-order valence-electron chi connectivity index (χ4n) is 5.84. The zero-order valence-electron chi connectivity index (χ0n) is 19.5. The lowest BCUT2D eigenvalue weighted by Gasteiger charge is -2.36. The molecule has 2 fully saturated rings. The van der Waals surface area contributed by atoms with Crippen LogP contribution in [0.1, 0.15) is 80.1 Å². The lowest BCUT2D eigenvalue weighted by molar-refractivity contribution is -0.134. The molecule has 1 N–H and O–H groups in total. The number of aromatic nitrogens is 3. The molecular weight excluding hydrogens is 414 g/mol. The van der Waals surface area contributed by atoms with Crippen LogP contribution in [0.4, 0.5) is 0 Å². The van der Waals surface area contributed by atoms with Crippen LogP contribution < -0.4 is 5.56 Å². The molecule has 1 aliphatic carbocycles. The van der Waals surface area contributed by atoms with Crippen molar-refractivity contribution in [1.82, 2.24) is 24.8 Å². The zero-order chi connectivity index (χ0) is 22.6. The molecule has 1 unspecified atom stereocenters. The van der Waals surface area contributed by atoms with E-state index < -0.39 is 0 Å². The van der Waals surface area contributed by atoms with Crippen molar-refractivity contribution in [2.45, 2.75) is 76.8 Å². The Labute approximate surface area is 195 Å². The van der Waals surface area contributed by atoms with Crippen LogP contribution >= 0.6 is 0 Å². The molecule has 1 saturated carbocycles. The molecule has 2 aromatic heterocycles. The smallest absolute Gasteiger partial charge is 0.255 e. The van der Waals surface area contributed by atoms with Crippen LogP contribution in [0.25, 0.3) is 0 Å². The van der Waals surface area contributed by atoms with Crippen LogP contribution in [0.3, 0.4) is 0 Å². The predicted octanol–water partition coefficient (Wildman–Crippen LogP) is 3.40. The van der Waals surface area contributed by atoms with Crippen molar-refractivity contribution in [3.63, 3.8) is 0 Å². The molecule has 1 amide bonds. The molecular formula is C26H35N5O2. The first-order chi connectivity index (χ1) is 16.2. The maximum Gasteiger partial charge on any atom is 0.255 e. The van der Waals surface area contributed by atoms with Gasteiger partial charge in [0.05, 0.1) is 23.7 Å². The number of carbonyl (C=O) groups excluding carboxylic acids is 1. The Balaban J connectivity index is 1.31. The van der Waals surface area contributed by atoms with Gasteiger partial charge in [0.15, 0.2) is 0 Å². The van der Waals surface area contributed by atoms with Crippen molar-refractivity contribution in [3.8, 4) is 0 Å². The minimum absolute atomic E-state index is 0.0198. The largest absolute Gasteiger partial charge is 0.332 e. The van der Waals surface area contributed by atoms with Gasteiger partial charge in [-0.2, -0.15) is 0 Å². The monoisotopic (exact) mass is 449 g/mol. The molecule has 5 rings (SSSR count). The van der Waals surface area contributed by atoms with Gasteiger partial charge in [0, 0.05) is 45.0 Å². The van der Waals surface area contributed by atoms with E-state index in [1.807, 2.05) is 17.0 Å². The number of fused-ring (bicyclic) bond motifs is 1. The molecule has 4 heterocycles. The van der Waals surface area contributed by atoms with Crippen LogP contribution in [0, 0.1) is 5.92 Å². The summed E-state index contributed by atoms with van der Waals surface area (Å²) in [4.78, 5) is 42.7. The number of likely N-dealkylation sites (tertiary alicyclic amines) is 1. The molecule has 2 aromatic rings. The van der Waals surface area contributed by atoms with E-state index in [0.29, 0.717) is 25.3 Å². The Morgan fingerprint density at radius 2 is 1.94 bits per heavy atom. The number of piperidine rings is 1. The number of nitrogens with zero attached hydrogens (tertiary/aromatic N) is 4. The van der Waals surface area contributed by atoms with Gasteiger partial charge in [-0.3, -0.25) is 19.5 Å². The molecule has 176 valence electrons. The fraction of sp³-hybridized carbons (Fsp3) is 0.615. The van der Waals surface area contributed by atoms with Crippen molar-refractivity contribution >= 4 is 5.91 Å². The molecule has 0 aromatic carbocycles. The molecule has 0 bridgehead atoms. The van der Waals surface area contributed by atoms with E-state index in [2.05, 4.69) is 14.9 Å². The summed E-state index contributed by atoms with van der Waals surface area (Å²) in [5.41, 5.74) is 2.65. The summed E-state index contributed by atoms with van der Waals surface area (Å²) in [5.74, 6) is 1.51. The molecule has 7 nitrogen and oxygen atoms in total. The molecule has 2 aliphatic heterocycles. The molecule has 0 radical (unpaired) electrons. The minimum Gasteiger partial charge on any atom is -0.332 e. The second-order valence-corrected chi connectivity index (χ2v) is 10.0. The molecule has 1 atom stereocenters. The van der Waals surface area contributed by atoms with Gasteiger partial charge in [0.1, 0.15) is 5.82 Å². The second-order valence-electron chi connectivity index (χ2n) is 10.0. The Hall–Kier alpha value is -2.54. The summed E-state index contributed by atoms with van der Waals surface area (Å²) in [5, 5.41) is 0. The highest BCUT2D eigenvalue weighted by atomic mass is 16.2. The fourth-order valence-corrected chi connectivity index (χ4v) is 5.84. The van der Waals surface area contributed by atoms with Crippen LogP contribution in [0.5, 0.6) is 0 Å². The van der Waals surface area contributed by atoms with Gasteiger partial charge in [0.25, 0.3) is 5.56 Å². The van der Waals surface area contributed by atoms with E-state index in [1.54, 1.807) is 12.4 Å². The number of carbonyl (C=O) groups is 1. The Morgan fingerprint density at radius 3 is 2.76 bits per heavy atom. The van der Waals surface area contributed by atoms with E-state index in [4.69, 9.17) is 4.98 Å². The summed E-state index contributed by atoms with van der Waals surface area (Å²) in [7, 11) is 0. The average Bonchev–Trinajstić information content (AvgIpc) is 2.85. The van der Waals surface area contributed by atoms with Crippen LogP contribution in [0.2, 0.25) is 0 Å². The van der Waals surface area contributed by atoms with Gasteiger partial charge >= 0.3 is 0 Å². The number of pyridine rings is 1. The van der Waals surface area contributed by atoms with E-state index in [9.17, 15) is 9.59 Å². The first-order valence-electron chi connectivity index (χ1n) is 12.7. The maximum atomic E-state index is 13.1. The molecule has 33 heavy (non-hydrogen) atoms. The summed E-state index contributed by atoms with van der Waals surface area (Å²) in [6.45, 7) is 3.47. The third-order valence-electron chi connectivity index (χ3n) is 7.62. The molecule has 3 aliphatic rings. The number of rotatable bonds is 5. The van der Waals surface area contributed by atoms with Crippen molar-refractivity contribution in [3.05, 3.63) is 57.5 Å². The second kappa shape index (κ2) is 10.2. The van der Waals surface area contributed by atoms with E-state index in [1.165, 1.54) is 32.1 Å². The van der Waals surface area contributed by atoms with Crippen LogP contribution in [-0.4, -0.2) is 50.3 Å². The van der Waals surface area contributed by atoms with Crippen molar-refractivity contribution in [1.29, 1.82) is 0 Å². The topological polar surface area (TPSA) is 82.2 Å². The number of amides is 1. The van der Waals surface area contributed by atoms with Gasteiger partial charge < -0.3 is 9.88 Å². The van der Waals surface area contributed by atoms with Gasteiger partial charge in [-0.1, -0.05) is 25.3 Å². The summed E-state index contributed by atoms with van der Waals surface area (Å²) in [6, 6.07) is 3.64. The molecule has 7 heteroatoms. The third-order valence-corrected chi connectivity index (χ3v) is 7.62. The quantitative estimate of drug-likeness (QED) is 0.757. The molecule has 0 spiro atoms. The highest BCUT2D eigenvalue weighted by Crippen LogP contribution is 2.30. The van der Waals surface area contributed by atoms with Crippen molar-refractivity contribution in [2.24, 2.45) is 5.92 Å². The van der Waals surface area contributed by atoms with Gasteiger partial charge in [-0.05, 0) is 49.7 Å². The van der Waals surface area contributed by atoms with E-state index >= 15 is 0 Å². The highest BCUT2D eigenvalue weighted by molar-refractivity contribution is 5.79. The number of nitrogens with one attached hydrogen (secondary N) is 1. The normalized spacial score (nSPS) is 22.2. The van der Waals surface area contributed by atoms with Crippen molar-refractivity contribution < 1.29 is 4.79 Å². The Morgan fingerprint density at radius 1 is 1.09 bits per heavy atom. The van der Waals surface area contributed by atoms with Crippen molar-refractivity contribution in [2.75, 3.05) is 19.6 Å². The molecule has 1 saturated heterocycles. The van der Waals surface area contributed by atoms with Crippen LogP contribution in [0.15, 0.2) is 29.3 Å². The average molecular weight is 450 g/mol. The summed E-state index contributed by atoms with van der Waals surface area (Å²) in [6.07, 6.45) is 14.2. The first-order valence-corrected chi connectivity index (χ1v) is 12.7. The number of aromatic amines is 1. The lowest BCUT2D eigenvalue weighted by atomic mass is 9.88. The van der Waals surface area contributed by atoms with E-state index in [0.717, 1.165) is 61.5 Å². The van der Waals surface area contributed by atoms with Gasteiger partial charge in [-0.25, -0.2) is 4.98 Å². The highest BCUT2D eigenvalue weighted by Gasteiger charge is 2.31. The van der Waals surface area contributed by atoms with Gasteiger partial charge in [-0.15, -0.1) is 0 Å². The number of H-pyrrole nitrogens is 1. The third kappa shape index (κ3) is 5.18. The maximum absolute atomic E-state index is 13.1. The van der Waals surface area contributed by atoms with E-state index in [-0.39, 0.29) is 17.5 Å². The number of hydrogen-bond donors (Lipinski definition) is 1. The SMILES string of the molecule is O=C(Cc1cccnc1)N1CCCCC1c1nc2c(c(=O)[nH]1)CN(CC1CCCCC1)CC2.